The van der Waals surface area contributed by atoms with E-state index in [1.54, 1.807) is 12.4 Å². The maximum absolute atomic E-state index is 5.06. The molecule has 8 rings (SSSR count). The van der Waals surface area contributed by atoms with Gasteiger partial charge in [0.05, 0.1) is 11.4 Å². The summed E-state index contributed by atoms with van der Waals surface area (Å²) in [7, 11) is 0. The zero-order valence-corrected chi connectivity index (χ0v) is 21.6. The second kappa shape index (κ2) is 9.11. The summed E-state index contributed by atoms with van der Waals surface area (Å²) in [4.78, 5) is 14.3. The Morgan fingerprint density at radius 2 is 0.800 bits per heavy atom. The van der Waals surface area contributed by atoms with Gasteiger partial charge in [-0.25, -0.2) is 9.97 Å². The molecule has 186 valence electrons. The van der Waals surface area contributed by atoms with Crippen molar-refractivity contribution >= 4 is 43.1 Å². The molecule has 0 saturated carbocycles. The number of hydrogen-bond donors (Lipinski definition) is 0. The lowest BCUT2D eigenvalue weighted by atomic mass is 9.97. The number of hydrogen-bond acceptors (Lipinski definition) is 3. The van der Waals surface area contributed by atoms with Gasteiger partial charge in [0.2, 0.25) is 0 Å². The van der Waals surface area contributed by atoms with E-state index in [2.05, 4.69) is 120 Å². The summed E-state index contributed by atoms with van der Waals surface area (Å²) >= 11 is 0. The Kier molecular flexibility index (Phi) is 5.14. The SMILES string of the molecule is c1ccc2c(c1)ccc1ccc(-c3cc(-c4ccc5ccc6ccccc6c5c4)nc(-c4ccncc4)n3)cc12. The molecule has 0 amide bonds. The minimum Gasteiger partial charge on any atom is -0.265 e. The average Bonchev–Trinajstić information content (AvgIpc) is 3.04. The van der Waals surface area contributed by atoms with Crippen LogP contribution in [-0.4, -0.2) is 15.0 Å². The average molecular weight is 510 g/mol. The molecule has 3 heteroatoms. The number of aromatic nitrogens is 3. The molecule has 0 fully saturated rings. The highest BCUT2D eigenvalue weighted by Gasteiger charge is 2.13. The van der Waals surface area contributed by atoms with Gasteiger partial charge in [-0.2, -0.15) is 0 Å². The van der Waals surface area contributed by atoms with Gasteiger partial charge in [0.1, 0.15) is 0 Å². The van der Waals surface area contributed by atoms with Crippen molar-refractivity contribution in [3.63, 3.8) is 0 Å². The molecule has 40 heavy (non-hydrogen) atoms. The van der Waals surface area contributed by atoms with Crippen LogP contribution in [0.4, 0.5) is 0 Å². The summed E-state index contributed by atoms with van der Waals surface area (Å²) in [6.45, 7) is 0. The summed E-state index contributed by atoms with van der Waals surface area (Å²) < 4.78 is 0. The van der Waals surface area contributed by atoms with Crippen molar-refractivity contribution in [1.82, 2.24) is 15.0 Å². The van der Waals surface area contributed by atoms with E-state index in [1.807, 2.05) is 12.1 Å². The molecule has 0 bridgehead atoms. The van der Waals surface area contributed by atoms with Crippen LogP contribution in [0.1, 0.15) is 0 Å². The third-order valence-electron chi connectivity index (χ3n) is 7.75. The smallest absolute Gasteiger partial charge is 0.160 e. The van der Waals surface area contributed by atoms with E-state index in [0.29, 0.717) is 5.82 Å². The number of rotatable bonds is 3. The highest BCUT2D eigenvalue weighted by molar-refractivity contribution is 6.09. The van der Waals surface area contributed by atoms with Gasteiger partial charge in [-0.3, -0.25) is 4.98 Å². The van der Waals surface area contributed by atoms with E-state index < -0.39 is 0 Å². The lowest BCUT2D eigenvalue weighted by molar-refractivity contribution is 1.18. The molecule has 0 aliphatic heterocycles. The minimum absolute atomic E-state index is 0.686. The second-order valence-electron chi connectivity index (χ2n) is 10.1. The molecule has 0 aliphatic rings. The predicted molar refractivity (Wildman–Crippen MR) is 166 cm³/mol. The quantitative estimate of drug-likeness (QED) is 0.223. The van der Waals surface area contributed by atoms with Crippen molar-refractivity contribution in [2.75, 3.05) is 0 Å². The van der Waals surface area contributed by atoms with E-state index in [4.69, 9.17) is 9.97 Å². The van der Waals surface area contributed by atoms with E-state index in [0.717, 1.165) is 28.1 Å². The van der Waals surface area contributed by atoms with Crippen LogP contribution in [0.25, 0.3) is 77.0 Å². The molecule has 0 atom stereocenters. The minimum atomic E-state index is 0.686. The van der Waals surface area contributed by atoms with Crippen molar-refractivity contribution in [2.24, 2.45) is 0 Å². The van der Waals surface area contributed by atoms with Crippen LogP contribution in [-0.2, 0) is 0 Å². The molecule has 8 aromatic rings. The monoisotopic (exact) mass is 509 g/mol. The van der Waals surface area contributed by atoms with Crippen molar-refractivity contribution in [2.45, 2.75) is 0 Å². The Morgan fingerprint density at radius 3 is 1.32 bits per heavy atom. The Labute approximate surface area is 231 Å². The Hall–Kier alpha value is -5.41. The molecular weight excluding hydrogens is 486 g/mol. The fourth-order valence-electron chi connectivity index (χ4n) is 5.70. The Morgan fingerprint density at radius 1 is 0.350 bits per heavy atom. The van der Waals surface area contributed by atoms with Crippen LogP contribution in [0.3, 0.4) is 0 Å². The molecule has 0 N–H and O–H groups in total. The van der Waals surface area contributed by atoms with Gasteiger partial charge in [0.15, 0.2) is 5.82 Å². The molecule has 0 spiro atoms. The van der Waals surface area contributed by atoms with Crippen LogP contribution in [0.2, 0.25) is 0 Å². The highest BCUT2D eigenvalue weighted by atomic mass is 14.9. The first kappa shape index (κ1) is 22.6. The Bertz CT molecular complexity index is 2080. The van der Waals surface area contributed by atoms with Gasteiger partial charge >= 0.3 is 0 Å². The van der Waals surface area contributed by atoms with Gasteiger partial charge in [-0.05, 0) is 73.4 Å². The van der Waals surface area contributed by atoms with Gasteiger partial charge in [0.25, 0.3) is 0 Å². The zero-order valence-electron chi connectivity index (χ0n) is 21.6. The lowest BCUT2D eigenvalue weighted by Crippen LogP contribution is -1.96. The molecule has 6 aromatic carbocycles. The number of nitrogens with zero attached hydrogens (tertiary/aromatic N) is 3. The van der Waals surface area contributed by atoms with Gasteiger partial charge in [-0.15, -0.1) is 0 Å². The van der Waals surface area contributed by atoms with Crippen LogP contribution in [0.15, 0.2) is 140 Å². The van der Waals surface area contributed by atoms with Crippen LogP contribution in [0, 0.1) is 0 Å². The molecular formula is C37H23N3. The third-order valence-corrected chi connectivity index (χ3v) is 7.75. The van der Waals surface area contributed by atoms with Gasteiger partial charge < -0.3 is 0 Å². The third kappa shape index (κ3) is 3.79. The van der Waals surface area contributed by atoms with Crippen LogP contribution >= 0.6 is 0 Å². The summed E-state index contributed by atoms with van der Waals surface area (Å²) in [6.07, 6.45) is 3.57. The maximum Gasteiger partial charge on any atom is 0.160 e. The summed E-state index contributed by atoms with van der Waals surface area (Å²) in [5.41, 5.74) is 4.85. The molecule has 0 saturated heterocycles. The summed E-state index contributed by atoms with van der Waals surface area (Å²) in [5.74, 6) is 0.686. The van der Waals surface area contributed by atoms with Crippen molar-refractivity contribution < 1.29 is 0 Å². The first-order valence-corrected chi connectivity index (χ1v) is 13.4. The predicted octanol–water partition coefficient (Wildman–Crippen LogP) is 9.49. The topological polar surface area (TPSA) is 38.7 Å². The largest absolute Gasteiger partial charge is 0.265 e. The van der Waals surface area contributed by atoms with Crippen molar-refractivity contribution in [3.8, 4) is 33.9 Å². The molecule has 0 radical (unpaired) electrons. The second-order valence-corrected chi connectivity index (χ2v) is 10.1. The highest BCUT2D eigenvalue weighted by Crippen LogP contribution is 2.34. The molecule has 0 unspecified atom stereocenters. The van der Waals surface area contributed by atoms with E-state index >= 15 is 0 Å². The van der Waals surface area contributed by atoms with Crippen LogP contribution < -0.4 is 0 Å². The van der Waals surface area contributed by atoms with Crippen LogP contribution in [0.5, 0.6) is 0 Å². The molecule has 2 aromatic heterocycles. The van der Waals surface area contributed by atoms with E-state index in [-0.39, 0.29) is 0 Å². The number of pyridine rings is 1. The lowest BCUT2D eigenvalue weighted by Gasteiger charge is -2.12. The Balaban J connectivity index is 1.36. The number of benzene rings is 6. The van der Waals surface area contributed by atoms with Crippen molar-refractivity contribution in [3.05, 3.63) is 140 Å². The molecule has 0 aliphatic carbocycles. The normalized spacial score (nSPS) is 11.5. The van der Waals surface area contributed by atoms with E-state index in [1.165, 1.54) is 43.1 Å². The fraction of sp³-hybridized carbons (Fsp3) is 0. The van der Waals surface area contributed by atoms with E-state index in [9.17, 15) is 0 Å². The molecule has 3 nitrogen and oxygen atoms in total. The molecule has 2 heterocycles. The van der Waals surface area contributed by atoms with Gasteiger partial charge in [0, 0.05) is 29.1 Å². The fourth-order valence-corrected chi connectivity index (χ4v) is 5.70. The van der Waals surface area contributed by atoms with Gasteiger partial charge in [-0.1, -0.05) is 97.1 Å². The number of fused-ring (bicyclic) bond motifs is 6. The zero-order chi connectivity index (χ0) is 26.5. The standard InChI is InChI=1S/C37H23N3/c1-3-7-31-24(5-1)9-11-26-13-15-29(21-33(26)31)35-23-36(40-37(39-35)28-17-19-38-20-18-28)30-16-14-27-12-10-25-6-2-4-8-32(25)34(27)22-30/h1-23H. The summed E-state index contributed by atoms with van der Waals surface area (Å²) in [6, 6.07) is 45.1. The first-order chi connectivity index (χ1) is 19.8. The first-order valence-electron chi connectivity index (χ1n) is 13.4. The summed E-state index contributed by atoms with van der Waals surface area (Å²) in [5, 5.41) is 9.82. The maximum atomic E-state index is 5.06. The van der Waals surface area contributed by atoms with Crippen molar-refractivity contribution in [1.29, 1.82) is 0 Å².